The minimum Gasteiger partial charge on any atom is -0.492 e. The molecule has 0 aliphatic rings. The van der Waals surface area contributed by atoms with Crippen molar-refractivity contribution >= 4 is 24.0 Å². The van der Waals surface area contributed by atoms with Crippen molar-refractivity contribution in [3.05, 3.63) is 28.8 Å². The summed E-state index contributed by atoms with van der Waals surface area (Å²) >= 11 is 6.19. The molecule has 3 nitrogen and oxygen atoms in total. The van der Waals surface area contributed by atoms with E-state index in [4.69, 9.17) is 22.1 Å². The van der Waals surface area contributed by atoms with E-state index in [0.29, 0.717) is 18.2 Å². The van der Waals surface area contributed by atoms with Gasteiger partial charge in [-0.05, 0) is 32.0 Å². The van der Waals surface area contributed by atoms with E-state index in [9.17, 15) is 0 Å². The molecule has 5 heteroatoms. The highest BCUT2D eigenvalue weighted by Gasteiger charge is 2.19. The summed E-state index contributed by atoms with van der Waals surface area (Å²) in [7, 11) is 2.09. The van der Waals surface area contributed by atoms with Crippen LogP contribution in [0.4, 0.5) is 0 Å². The third-order valence-corrected chi connectivity index (χ3v) is 3.33. The summed E-state index contributed by atoms with van der Waals surface area (Å²) in [5, 5.41) is 0.672. The minimum atomic E-state index is 0. The fraction of sp³-hybridized carbons (Fsp3) is 0.600. The number of para-hydroxylation sites is 1. The number of nitrogens with zero attached hydrogens (tertiary/aromatic N) is 1. The van der Waals surface area contributed by atoms with E-state index in [1.165, 1.54) is 0 Å². The molecule has 0 aliphatic heterocycles. The zero-order valence-electron chi connectivity index (χ0n) is 12.8. The summed E-state index contributed by atoms with van der Waals surface area (Å²) in [6.45, 7) is 9.34. The lowest BCUT2D eigenvalue weighted by Crippen LogP contribution is -2.36. The molecular weight excluding hydrogens is 295 g/mol. The van der Waals surface area contributed by atoms with Crippen LogP contribution in [-0.2, 0) is 6.54 Å². The zero-order valence-corrected chi connectivity index (χ0v) is 14.4. The fourth-order valence-corrected chi connectivity index (χ4v) is 2.37. The normalized spacial score (nSPS) is 11.3. The molecule has 1 aromatic carbocycles. The molecule has 0 spiro atoms. The van der Waals surface area contributed by atoms with Crippen LogP contribution in [0.25, 0.3) is 0 Å². The van der Waals surface area contributed by atoms with Gasteiger partial charge in [0.1, 0.15) is 5.75 Å². The Hall–Kier alpha value is -0.480. The van der Waals surface area contributed by atoms with Gasteiger partial charge < -0.3 is 15.4 Å². The number of hydrogen-bond acceptors (Lipinski definition) is 3. The van der Waals surface area contributed by atoms with E-state index in [0.717, 1.165) is 24.4 Å². The molecule has 20 heavy (non-hydrogen) atoms. The van der Waals surface area contributed by atoms with Gasteiger partial charge in [0.05, 0.1) is 11.6 Å². The van der Waals surface area contributed by atoms with E-state index in [1.807, 2.05) is 19.1 Å². The lowest BCUT2D eigenvalue weighted by atomic mass is 9.93. The number of hydrogen-bond donors (Lipinski definition) is 1. The van der Waals surface area contributed by atoms with E-state index >= 15 is 0 Å². The topological polar surface area (TPSA) is 38.5 Å². The van der Waals surface area contributed by atoms with Crippen LogP contribution in [0.3, 0.4) is 0 Å². The van der Waals surface area contributed by atoms with E-state index in [-0.39, 0.29) is 17.8 Å². The van der Waals surface area contributed by atoms with Gasteiger partial charge in [0.25, 0.3) is 0 Å². The monoisotopic (exact) mass is 320 g/mol. The number of rotatable bonds is 7. The highest BCUT2D eigenvalue weighted by molar-refractivity contribution is 6.32. The first-order valence-corrected chi connectivity index (χ1v) is 7.06. The quantitative estimate of drug-likeness (QED) is 0.834. The Morgan fingerprint density at radius 1 is 1.35 bits per heavy atom. The average Bonchev–Trinajstić information content (AvgIpc) is 2.33. The number of halogens is 2. The molecular formula is C15H26Cl2N2O. The largest absolute Gasteiger partial charge is 0.492 e. The standard InChI is InChI=1S/C15H25ClN2O.ClH/c1-5-19-14-12(7-6-8-13(14)16)9-18(4)11-15(2,3)10-17;/h6-8H,5,9-11,17H2,1-4H3;1H. The van der Waals surface area contributed by atoms with Crippen molar-refractivity contribution in [3.8, 4) is 5.75 Å². The van der Waals surface area contributed by atoms with Crippen LogP contribution in [0.5, 0.6) is 5.75 Å². The Morgan fingerprint density at radius 3 is 2.55 bits per heavy atom. The molecule has 1 aromatic rings. The number of ether oxygens (including phenoxy) is 1. The van der Waals surface area contributed by atoms with Gasteiger partial charge in [0.15, 0.2) is 0 Å². The third kappa shape index (κ3) is 5.88. The SMILES string of the molecule is CCOc1c(Cl)cccc1CN(C)CC(C)(C)CN.Cl. The smallest absolute Gasteiger partial charge is 0.142 e. The van der Waals surface area contributed by atoms with E-state index in [1.54, 1.807) is 0 Å². The number of benzene rings is 1. The molecule has 2 N–H and O–H groups in total. The summed E-state index contributed by atoms with van der Waals surface area (Å²) in [6.07, 6.45) is 0. The maximum absolute atomic E-state index is 6.19. The first-order valence-electron chi connectivity index (χ1n) is 6.68. The summed E-state index contributed by atoms with van der Waals surface area (Å²) in [4.78, 5) is 2.25. The van der Waals surface area contributed by atoms with Gasteiger partial charge in [0, 0.05) is 18.7 Å². The molecule has 0 radical (unpaired) electrons. The molecule has 0 amide bonds. The van der Waals surface area contributed by atoms with Crippen LogP contribution >= 0.6 is 24.0 Å². The van der Waals surface area contributed by atoms with Crippen LogP contribution < -0.4 is 10.5 Å². The molecule has 0 bridgehead atoms. The lowest BCUT2D eigenvalue weighted by molar-refractivity contribution is 0.207. The molecule has 0 saturated heterocycles. The fourth-order valence-electron chi connectivity index (χ4n) is 2.13. The molecule has 0 aromatic heterocycles. The Bertz CT molecular complexity index is 411. The molecule has 0 heterocycles. The van der Waals surface area contributed by atoms with Crippen molar-refractivity contribution in [2.24, 2.45) is 11.1 Å². The second kappa shape index (κ2) is 8.73. The van der Waals surface area contributed by atoms with Crippen LogP contribution in [-0.4, -0.2) is 31.6 Å². The van der Waals surface area contributed by atoms with Gasteiger partial charge in [-0.2, -0.15) is 0 Å². The summed E-state index contributed by atoms with van der Waals surface area (Å²) in [6, 6.07) is 5.88. The van der Waals surface area contributed by atoms with Gasteiger partial charge in [-0.25, -0.2) is 0 Å². The van der Waals surface area contributed by atoms with Crippen LogP contribution in [0.1, 0.15) is 26.3 Å². The van der Waals surface area contributed by atoms with Gasteiger partial charge in [-0.3, -0.25) is 0 Å². The zero-order chi connectivity index (χ0) is 14.5. The maximum atomic E-state index is 6.19. The van der Waals surface area contributed by atoms with Crippen LogP contribution in [0, 0.1) is 5.41 Å². The summed E-state index contributed by atoms with van der Waals surface area (Å²) < 4.78 is 5.64. The maximum Gasteiger partial charge on any atom is 0.142 e. The van der Waals surface area contributed by atoms with Crippen molar-refractivity contribution in [2.75, 3.05) is 26.7 Å². The second-order valence-electron chi connectivity index (χ2n) is 5.70. The van der Waals surface area contributed by atoms with Crippen molar-refractivity contribution in [2.45, 2.75) is 27.3 Å². The molecule has 0 saturated carbocycles. The Labute approximate surface area is 133 Å². The molecule has 116 valence electrons. The molecule has 0 unspecified atom stereocenters. The first-order chi connectivity index (χ1) is 8.89. The molecule has 1 rings (SSSR count). The second-order valence-corrected chi connectivity index (χ2v) is 6.11. The Balaban J connectivity index is 0.00000361. The third-order valence-electron chi connectivity index (χ3n) is 3.03. The predicted molar refractivity (Wildman–Crippen MR) is 89.0 cm³/mol. The molecule has 0 fully saturated rings. The first kappa shape index (κ1) is 19.5. The van der Waals surface area contributed by atoms with Crippen molar-refractivity contribution in [1.82, 2.24) is 4.90 Å². The highest BCUT2D eigenvalue weighted by atomic mass is 35.5. The van der Waals surface area contributed by atoms with Gasteiger partial charge >= 0.3 is 0 Å². The average molecular weight is 321 g/mol. The van der Waals surface area contributed by atoms with Crippen LogP contribution in [0.15, 0.2) is 18.2 Å². The summed E-state index contributed by atoms with van der Waals surface area (Å²) in [5.74, 6) is 0.795. The van der Waals surface area contributed by atoms with Crippen molar-refractivity contribution in [1.29, 1.82) is 0 Å². The molecule has 0 atom stereocenters. The van der Waals surface area contributed by atoms with Crippen molar-refractivity contribution < 1.29 is 4.74 Å². The minimum absolute atomic E-state index is 0. The molecule has 0 aliphatic carbocycles. The van der Waals surface area contributed by atoms with Gasteiger partial charge in [0.2, 0.25) is 0 Å². The highest BCUT2D eigenvalue weighted by Crippen LogP contribution is 2.30. The van der Waals surface area contributed by atoms with Crippen LogP contribution in [0.2, 0.25) is 5.02 Å². The van der Waals surface area contributed by atoms with Gasteiger partial charge in [-0.15, -0.1) is 12.4 Å². The lowest BCUT2D eigenvalue weighted by Gasteiger charge is -2.29. The van der Waals surface area contributed by atoms with E-state index < -0.39 is 0 Å². The summed E-state index contributed by atoms with van der Waals surface area (Å²) in [5.41, 5.74) is 7.00. The predicted octanol–water partition coefficient (Wildman–Crippen LogP) is 3.58. The Kier molecular flexibility index (Phi) is 8.52. The number of nitrogens with two attached hydrogens (primary N) is 1. The Morgan fingerprint density at radius 2 is 2.00 bits per heavy atom. The van der Waals surface area contributed by atoms with Crippen molar-refractivity contribution in [3.63, 3.8) is 0 Å². The van der Waals surface area contributed by atoms with Gasteiger partial charge in [-0.1, -0.05) is 37.6 Å². The van der Waals surface area contributed by atoms with E-state index in [2.05, 4.69) is 31.9 Å².